The maximum Gasteiger partial charge on any atom is 0.573 e. The van der Waals surface area contributed by atoms with E-state index in [4.69, 9.17) is 15.9 Å². The number of nitrogens with one attached hydrogen (secondary N) is 3. The normalized spacial score (nSPS) is 13.0. The van der Waals surface area contributed by atoms with E-state index in [-0.39, 0.29) is 30.8 Å². The number of ether oxygens (including phenoxy) is 1. The van der Waals surface area contributed by atoms with Gasteiger partial charge in [-0.25, -0.2) is 9.97 Å². The lowest BCUT2D eigenvalue weighted by Gasteiger charge is -2.09. The third-order valence-corrected chi connectivity index (χ3v) is 7.07. The van der Waals surface area contributed by atoms with Crippen LogP contribution >= 0.6 is 11.3 Å². The van der Waals surface area contributed by atoms with Crippen LogP contribution in [0, 0.1) is 11.8 Å². The molecule has 10 nitrogen and oxygen atoms in total. The molecule has 0 saturated carbocycles. The summed E-state index contributed by atoms with van der Waals surface area (Å²) in [5.74, 6) is 0.357. The molecule has 0 unspecified atom stereocenters. The SMILES string of the molecule is C[C@@H](CO)CCNC(=O)c1ccc2c(c1)nc(Nc1nc3ccc(OC(F)(F)F)cc3s1)n2C.C[C@@H](CO)CC[NH-]. The summed E-state index contributed by atoms with van der Waals surface area (Å²) in [6, 6.07) is 9.14. The summed E-state index contributed by atoms with van der Waals surface area (Å²) in [4.78, 5) is 21.4. The highest BCUT2D eigenvalue weighted by Crippen LogP contribution is 2.33. The number of aliphatic hydroxyl groups is 2. The van der Waals surface area contributed by atoms with Crippen LogP contribution in [0.4, 0.5) is 24.3 Å². The molecule has 4 aromatic rings. The largest absolute Gasteiger partial charge is 0.677 e. The number of hydrogen-bond donors (Lipinski definition) is 4. The lowest BCUT2D eigenvalue weighted by molar-refractivity contribution is -0.274. The molecule has 0 bridgehead atoms. The Bertz CT molecular complexity index is 1440. The fourth-order valence-electron chi connectivity index (χ4n) is 3.67. The van der Waals surface area contributed by atoms with Crippen LogP contribution in [0.1, 0.15) is 37.0 Å². The van der Waals surface area contributed by atoms with Gasteiger partial charge >= 0.3 is 6.36 Å². The summed E-state index contributed by atoms with van der Waals surface area (Å²) in [6.07, 6.45) is -3.27. The molecule has 14 heteroatoms. The van der Waals surface area contributed by atoms with Crippen LogP contribution in [-0.2, 0) is 7.05 Å². The lowest BCUT2D eigenvalue weighted by Crippen LogP contribution is -2.26. The van der Waals surface area contributed by atoms with E-state index in [0.29, 0.717) is 57.8 Å². The summed E-state index contributed by atoms with van der Waals surface area (Å²) in [7, 11) is 1.80. The Labute approximate surface area is 239 Å². The second kappa shape index (κ2) is 14.4. The predicted octanol–water partition coefficient (Wildman–Crippen LogP) is 5.63. The van der Waals surface area contributed by atoms with Crippen LogP contribution in [0.5, 0.6) is 5.75 Å². The van der Waals surface area contributed by atoms with Crippen molar-refractivity contribution in [1.82, 2.24) is 19.9 Å². The first-order valence-electron chi connectivity index (χ1n) is 13.0. The van der Waals surface area contributed by atoms with Crippen molar-refractivity contribution in [3.8, 4) is 5.75 Å². The van der Waals surface area contributed by atoms with E-state index in [2.05, 4.69) is 25.3 Å². The molecule has 2 atom stereocenters. The van der Waals surface area contributed by atoms with Crippen LogP contribution < -0.4 is 15.4 Å². The second-order valence-corrected chi connectivity index (χ2v) is 10.7. The third-order valence-electron chi connectivity index (χ3n) is 6.14. The molecule has 4 rings (SSSR count). The number of aryl methyl sites for hydroxylation is 1. The Balaban J connectivity index is 0.000000587. The molecule has 5 N–H and O–H groups in total. The minimum Gasteiger partial charge on any atom is -0.677 e. The quantitative estimate of drug-likeness (QED) is 0.176. The van der Waals surface area contributed by atoms with Gasteiger partial charge in [0.2, 0.25) is 5.95 Å². The number of amides is 1. The van der Waals surface area contributed by atoms with Gasteiger partial charge in [0.25, 0.3) is 5.91 Å². The average molecular weight is 596 g/mol. The Morgan fingerprint density at radius 3 is 2.41 bits per heavy atom. The summed E-state index contributed by atoms with van der Waals surface area (Å²) >= 11 is 1.17. The van der Waals surface area contributed by atoms with Crippen molar-refractivity contribution in [2.75, 3.05) is 31.6 Å². The molecule has 2 heterocycles. The van der Waals surface area contributed by atoms with Crippen LogP contribution in [0.15, 0.2) is 36.4 Å². The maximum absolute atomic E-state index is 12.5. The Hall–Kier alpha value is -3.46. The summed E-state index contributed by atoms with van der Waals surface area (Å²) in [6.45, 7) is 5.03. The van der Waals surface area contributed by atoms with Crippen LogP contribution in [0.2, 0.25) is 0 Å². The van der Waals surface area contributed by atoms with Gasteiger partial charge in [0.1, 0.15) is 5.75 Å². The third kappa shape index (κ3) is 9.28. The number of fused-ring (bicyclic) bond motifs is 2. The number of halogens is 3. The number of thiazole rings is 1. The average Bonchev–Trinajstić information content (AvgIpc) is 3.47. The number of benzene rings is 2. The number of imidazole rings is 1. The molecular formula is C27H34F3N6O4S-. The van der Waals surface area contributed by atoms with Crippen molar-refractivity contribution in [1.29, 1.82) is 0 Å². The number of alkyl halides is 3. The van der Waals surface area contributed by atoms with E-state index in [1.165, 1.54) is 29.5 Å². The highest BCUT2D eigenvalue weighted by molar-refractivity contribution is 7.22. The van der Waals surface area contributed by atoms with Crippen LogP contribution in [-0.4, -0.2) is 63.3 Å². The molecule has 0 aliphatic heterocycles. The minimum atomic E-state index is -4.76. The first-order chi connectivity index (χ1) is 19.4. The van der Waals surface area contributed by atoms with Gasteiger partial charge in [0, 0.05) is 38.4 Å². The van der Waals surface area contributed by atoms with E-state index >= 15 is 0 Å². The smallest absolute Gasteiger partial charge is 0.573 e. The van der Waals surface area contributed by atoms with Crippen molar-refractivity contribution >= 4 is 49.6 Å². The van der Waals surface area contributed by atoms with Crippen molar-refractivity contribution in [2.24, 2.45) is 18.9 Å². The molecule has 2 aromatic heterocycles. The summed E-state index contributed by atoms with van der Waals surface area (Å²) < 4.78 is 43.7. The van der Waals surface area contributed by atoms with E-state index in [9.17, 15) is 18.0 Å². The standard InChI is InChI=1S/C22H22F3N5O3S.C5H12NO/c1-12(11-31)7-8-26-19(32)13-3-6-17-16(9-13)27-20(30(17)2)29-21-28-15-5-4-14(10-18(15)34-21)33-22(23,24)25;1-5(4-7)2-3-6/h3-6,9-10,12,31H,7-8,11H2,1-2H3,(H,26,32)(H,27,28,29);5-7H,2-4H2,1H3/q;-1/t12-;5-/m11/s1. The molecule has 0 spiro atoms. The number of hydrogen-bond acceptors (Lipinski definition) is 8. The number of anilines is 2. The van der Waals surface area contributed by atoms with Crippen LogP contribution in [0.25, 0.3) is 27.0 Å². The zero-order valence-corrected chi connectivity index (χ0v) is 23.8. The molecule has 0 saturated heterocycles. The number of carbonyl (C=O) groups is 1. The molecule has 224 valence electrons. The van der Waals surface area contributed by atoms with E-state index in [1.807, 2.05) is 13.8 Å². The van der Waals surface area contributed by atoms with E-state index < -0.39 is 6.36 Å². The monoisotopic (exact) mass is 595 g/mol. The second-order valence-electron chi connectivity index (χ2n) is 9.68. The highest BCUT2D eigenvalue weighted by atomic mass is 32.1. The molecule has 0 radical (unpaired) electrons. The lowest BCUT2D eigenvalue weighted by atomic mass is 10.1. The Morgan fingerprint density at radius 1 is 1.07 bits per heavy atom. The topological polar surface area (TPSA) is 145 Å². The van der Waals surface area contributed by atoms with Crippen molar-refractivity contribution in [2.45, 2.75) is 33.1 Å². The van der Waals surface area contributed by atoms with E-state index in [1.54, 1.807) is 29.8 Å². The maximum atomic E-state index is 12.5. The van der Waals surface area contributed by atoms with Gasteiger partial charge in [-0.3, -0.25) is 4.79 Å². The molecule has 2 aromatic carbocycles. The number of carbonyl (C=O) groups excluding carboxylic acids is 1. The molecule has 1 amide bonds. The van der Waals surface area contributed by atoms with Gasteiger partial charge in [0.05, 0.1) is 21.3 Å². The van der Waals surface area contributed by atoms with Gasteiger partial charge in [0.15, 0.2) is 5.13 Å². The van der Waals surface area contributed by atoms with E-state index in [0.717, 1.165) is 11.9 Å². The highest BCUT2D eigenvalue weighted by Gasteiger charge is 2.31. The van der Waals surface area contributed by atoms with Crippen LogP contribution in [0.3, 0.4) is 0 Å². The number of rotatable bonds is 11. The number of aromatic nitrogens is 3. The first kappa shape index (κ1) is 32.1. The van der Waals surface area contributed by atoms with Gasteiger partial charge in [-0.15, -0.1) is 13.2 Å². The first-order valence-corrected chi connectivity index (χ1v) is 13.8. The molecule has 0 aliphatic carbocycles. The predicted molar refractivity (Wildman–Crippen MR) is 154 cm³/mol. The van der Waals surface area contributed by atoms with Crippen molar-refractivity contribution in [3.05, 3.63) is 47.7 Å². The summed E-state index contributed by atoms with van der Waals surface area (Å²) in [5.41, 5.74) is 9.10. The minimum absolute atomic E-state index is 0.0721. The molecular weight excluding hydrogens is 561 g/mol. The molecule has 0 fully saturated rings. The molecule has 0 aliphatic rings. The Morgan fingerprint density at radius 2 is 1.78 bits per heavy atom. The summed E-state index contributed by atoms with van der Waals surface area (Å²) in [5, 5.41) is 23.8. The van der Waals surface area contributed by atoms with Gasteiger partial charge in [-0.05, 0) is 48.6 Å². The van der Waals surface area contributed by atoms with Gasteiger partial charge in [-0.1, -0.05) is 31.6 Å². The number of nitrogens with zero attached hydrogens (tertiary/aromatic N) is 3. The zero-order chi connectivity index (χ0) is 30.2. The fraction of sp³-hybridized carbons (Fsp3) is 0.444. The van der Waals surface area contributed by atoms with Crippen molar-refractivity contribution in [3.63, 3.8) is 0 Å². The fourth-order valence-corrected chi connectivity index (χ4v) is 4.56. The van der Waals surface area contributed by atoms with Crippen molar-refractivity contribution < 1.29 is 32.9 Å². The van der Waals surface area contributed by atoms with Gasteiger partial charge in [-0.2, -0.15) is 6.54 Å². The number of aliphatic hydroxyl groups excluding tert-OH is 2. The zero-order valence-electron chi connectivity index (χ0n) is 23.0. The molecule has 41 heavy (non-hydrogen) atoms. The Kier molecular flexibility index (Phi) is 11.3. The van der Waals surface area contributed by atoms with Gasteiger partial charge < -0.3 is 35.9 Å².